The molecule has 1 aromatic carbocycles. The Balaban J connectivity index is 2.67. The van der Waals surface area contributed by atoms with Gasteiger partial charge < -0.3 is 10.1 Å². The SMILES string of the molecule is COC(CNC(=O)C(C)C)c1ccccc1C. The molecule has 1 atom stereocenters. The van der Waals surface area contributed by atoms with Crippen LogP contribution in [-0.2, 0) is 9.53 Å². The third-order valence-corrected chi connectivity index (χ3v) is 2.81. The second-order valence-electron chi connectivity index (χ2n) is 4.48. The molecule has 0 bridgehead atoms. The number of hydrogen-bond acceptors (Lipinski definition) is 2. The standard InChI is InChI=1S/C14H21NO2/c1-10(2)14(16)15-9-13(17-4)12-8-6-5-7-11(12)3/h5-8,10,13H,9H2,1-4H3,(H,15,16). The molecule has 3 heteroatoms. The van der Waals surface area contributed by atoms with Gasteiger partial charge in [0.25, 0.3) is 0 Å². The Morgan fingerprint density at radius 1 is 1.35 bits per heavy atom. The van der Waals surface area contributed by atoms with Crippen molar-refractivity contribution in [2.75, 3.05) is 13.7 Å². The first-order valence-electron chi connectivity index (χ1n) is 5.92. The summed E-state index contributed by atoms with van der Waals surface area (Å²) >= 11 is 0. The second-order valence-corrected chi connectivity index (χ2v) is 4.48. The summed E-state index contributed by atoms with van der Waals surface area (Å²) in [5.41, 5.74) is 2.30. The molecule has 0 aliphatic heterocycles. The van der Waals surface area contributed by atoms with Gasteiger partial charge in [-0.05, 0) is 18.1 Å². The van der Waals surface area contributed by atoms with E-state index in [0.717, 1.165) is 5.56 Å². The largest absolute Gasteiger partial charge is 0.375 e. The Labute approximate surface area is 103 Å². The number of methoxy groups -OCH3 is 1. The van der Waals surface area contributed by atoms with Crippen molar-refractivity contribution in [3.63, 3.8) is 0 Å². The zero-order chi connectivity index (χ0) is 12.8. The lowest BCUT2D eigenvalue weighted by Gasteiger charge is -2.19. The summed E-state index contributed by atoms with van der Waals surface area (Å²) < 4.78 is 5.43. The number of ether oxygens (including phenoxy) is 1. The Hall–Kier alpha value is -1.35. The Morgan fingerprint density at radius 2 is 2.00 bits per heavy atom. The van der Waals surface area contributed by atoms with Crippen LogP contribution in [0.3, 0.4) is 0 Å². The molecule has 0 saturated carbocycles. The van der Waals surface area contributed by atoms with Crippen LogP contribution >= 0.6 is 0 Å². The van der Waals surface area contributed by atoms with E-state index in [1.807, 2.05) is 45.0 Å². The van der Waals surface area contributed by atoms with Crippen molar-refractivity contribution in [2.24, 2.45) is 5.92 Å². The molecule has 0 aliphatic rings. The number of carbonyl (C=O) groups excluding carboxylic acids is 1. The lowest BCUT2D eigenvalue weighted by molar-refractivity contribution is -0.124. The molecule has 0 radical (unpaired) electrons. The highest BCUT2D eigenvalue weighted by molar-refractivity contribution is 5.77. The molecule has 0 saturated heterocycles. The maximum Gasteiger partial charge on any atom is 0.222 e. The van der Waals surface area contributed by atoms with Crippen molar-refractivity contribution >= 4 is 5.91 Å². The fourth-order valence-corrected chi connectivity index (χ4v) is 1.67. The van der Waals surface area contributed by atoms with Crippen LogP contribution in [-0.4, -0.2) is 19.6 Å². The van der Waals surface area contributed by atoms with Crippen LogP contribution < -0.4 is 5.32 Å². The van der Waals surface area contributed by atoms with Gasteiger partial charge in [0.15, 0.2) is 0 Å². The third kappa shape index (κ3) is 3.86. The summed E-state index contributed by atoms with van der Waals surface area (Å²) in [6.07, 6.45) is -0.0844. The first-order valence-corrected chi connectivity index (χ1v) is 5.92. The van der Waals surface area contributed by atoms with Gasteiger partial charge in [-0.1, -0.05) is 38.1 Å². The Morgan fingerprint density at radius 3 is 2.53 bits per heavy atom. The molecule has 1 N–H and O–H groups in total. The minimum Gasteiger partial charge on any atom is -0.375 e. The van der Waals surface area contributed by atoms with Crippen LogP contribution in [0.25, 0.3) is 0 Å². The van der Waals surface area contributed by atoms with E-state index in [4.69, 9.17) is 4.74 Å². The number of benzene rings is 1. The average molecular weight is 235 g/mol. The van der Waals surface area contributed by atoms with Gasteiger partial charge in [0.1, 0.15) is 0 Å². The topological polar surface area (TPSA) is 38.3 Å². The Kier molecular flexibility index (Phi) is 5.16. The maximum atomic E-state index is 11.5. The van der Waals surface area contributed by atoms with Crippen LogP contribution in [0.2, 0.25) is 0 Å². The molecule has 0 aromatic heterocycles. The first-order chi connectivity index (χ1) is 8.06. The fourth-order valence-electron chi connectivity index (χ4n) is 1.67. The van der Waals surface area contributed by atoms with Crippen LogP contribution in [0.5, 0.6) is 0 Å². The van der Waals surface area contributed by atoms with Crippen molar-refractivity contribution < 1.29 is 9.53 Å². The lowest BCUT2D eigenvalue weighted by atomic mass is 10.0. The van der Waals surface area contributed by atoms with Crippen molar-refractivity contribution in [1.82, 2.24) is 5.32 Å². The van der Waals surface area contributed by atoms with Crippen molar-refractivity contribution in [3.8, 4) is 0 Å². The molecule has 1 unspecified atom stereocenters. The molecule has 1 amide bonds. The van der Waals surface area contributed by atoms with Gasteiger partial charge in [-0.15, -0.1) is 0 Å². The van der Waals surface area contributed by atoms with Gasteiger partial charge in [-0.3, -0.25) is 4.79 Å². The molecule has 94 valence electrons. The smallest absolute Gasteiger partial charge is 0.222 e. The predicted molar refractivity (Wildman–Crippen MR) is 68.8 cm³/mol. The van der Waals surface area contributed by atoms with E-state index in [2.05, 4.69) is 5.32 Å². The van der Waals surface area contributed by atoms with Gasteiger partial charge in [-0.2, -0.15) is 0 Å². The molecule has 17 heavy (non-hydrogen) atoms. The van der Waals surface area contributed by atoms with Crippen molar-refractivity contribution in [3.05, 3.63) is 35.4 Å². The van der Waals surface area contributed by atoms with Gasteiger partial charge in [0.05, 0.1) is 6.10 Å². The minimum absolute atomic E-state index is 0.00405. The van der Waals surface area contributed by atoms with E-state index in [9.17, 15) is 4.79 Å². The normalized spacial score (nSPS) is 12.5. The number of rotatable bonds is 5. The van der Waals surface area contributed by atoms with Gasteiger partial charge in [0, 0.05) is 19.6 Å². The second kappa shape index (κ2) is 6.40. The molecule has 0 aliphatic carbocycles. The summed E-state index contributed by atoms with van der Waals surface area (Å²) in [5.74, 6) is 0.0602. The first kappa shape index (κ1) is 13.7. The van der Waals surface area contributed by atoms with Crippen LogP contribution in [0.15, 0.2) is 24.3 Å². The zero-order valence-electron chi connectivity index (χ0n) is 11.0. The zero-order valence-corrected chi connectivity index (χ0v) is 11.0. The summed E-state index contributed by atoms with van der Waals surface area (Å²) in [6, 6.07) is 8.06. The van der Waals surface area contributed by atoms with Crippen LogP contribution in [0.1, 0.15) is 31.1 Å². The van der Waals surface area contributed by atoms with Gasteiger partial charge in [0.2, 0.25) is 5.91 Å². The molecular weight excluding hydrogens is 214 g/mol. The fraction of sp³-hybridized carbons (Fsp3) is 0.500. The van der Waals surface area contributed by atoms with Crippen molar-refractivity contribution in [1.29, 1.82) is 0 Å². The van der Waals surface area contributed by atoms with Crippen LogP contribution in [0, 0.1) is 12.8 Å². The molecule has 0 fully saturated rings. The van der Waals surface area contributed by atoms with E-state index < -0.39 is 0 Å². The number of amides is 1. The molecule has 0 spiro atoms. The third-order valence-electron chi connectivity index (χ3n) is 2.81. The number of carbonyl (C=O) groups is 1. The molecule has 3 nitrogen and oxygen atoms in total. The number of hydrogen-bond donors (Lipinski definition) is 1. The summed E-state index contributed by atoms with van der Waals surface area (Å²) in [4.78, 5) is 11.5. The minimum atomic E-state index is -0.0844. The van der Waals surface area contributed by atoms with E-state index in [1.54, 1.807) is 7.11 Å². The summed E-state index contributed by atoms with van der Waals surface area (Å²) in [5, 5.41) is 2.89. The van der Waals surface area contributed by atoms with Gasteiger partial charge >= 0.3 is 0 Å². The lowest BCUT2D eigenvalue weighted by Crippen LogP contribution is -2.32. The highest BCUT2D eigenvalue weighted by Gasteiger charge is 2.14. The molecular formula is C14H21NO2. The molecule has 1 aromatic rings. The maximum absolute atomic E-state index is 11.5. The summed E-state index contributed by atoms with van der Waals surface area (Å²) in [6.45, 7) is 6.32. The van der Waals surface area contributed by atoms with Gasteiger partial charge in [-0.25, -0.2) is 0 Å². The predicted octanol–water partition coefficient (Wildman–Crippen LogP) is 2.45. The van der Waals surface area contributed by atoms with E-state index in [0.29, 0.717) is 6.54 Å². The van der Waals surface area contributed by atoms with E-state index >= 15 is 0 Å². The Bertz CT molecular complexity index is 374. The highest BCUT2D eigenvalue weighted by Crippen LogP contribution is 2.19. The van der Waals surface area contributed by atoms with E-state index in [1.165, 1.54) is 5.56 Å². The van der Waals surface area contributed by atoms with Crippen molar-refractivity contribution in [2.45, 2.75) is 26.9 Å². The van der Waals surface area contributed by atoms with E-state index in [-0.39, 0.29) is 17.9 Å². The quantitative estimate of drug-likeness (QED) is 0.851. The van der Waals surface area contributed by atoms with Crippen LogP contribution in [0.4, 0.5) is 0 Å². The average Bonchev–Trinajstić information content (AvgIpc) is 2.31. The summed E-state index contributed by atoms with van der Waals surface area (Å²) in [7, 11) is 1.67. The molecule has 1 rings (SSSR count). The number of aryl methyl sites for hydroxylation is 1. The molecule has 0 heterocycles. The number of nitrogens with one attached hydrogen (secondary N) is 1. The highest BCUT2D eigenvalue weighted by atomic mass is 16.5. The monoisotopic (exact) mass is 235 g/mol.